The van der Waals surface area contributed by atoms with Crippen LogP contribution in [0, 0.1) is 0 Å². The third-order valence-corrected chi connectivity index (χ3v) is 8.48. The molecule has 2 aromatic heterocycles. The van der Waals surface area contributed by atoms with Gasteiger partial charge in [-0.2, -0.15) is 0 Å². The number of aromatic nitrogens is 1. The van der Waals surface area contributed by atoms with Crippen LogP contribution in [0.3, 0.4) is 0 Å². The molecule has 0 saturated carbocycles. The van der Waals surface area contributed by atoms with Crippen molar-refractivity contribution in [1.82, 2.24) is 4.98 Å². The topological polar surface area (TPSA) is 78.9 Å². The molecule has 0 radical (unpaired) electrons. The number of fused-ring (bicyclic) bond motifs is 1. The zero-order valence-corrected chi connectivity index (χ0v) is 27.0. The Kier molecular flexibility index (Phi) is 10.1. The number of esters is 1. The molecule has 0 spiro atoms. The molecule has 7 nitrogen and oxygen atoms in total. The number of carbonyl (C=O) groups is 1. The third-order valence-electron chi connectivity index (χ3n) is 7.38. The fourth-order valence-electron chi connectivity index (χ4n) is 5.00. The highest BCUT2D eigenvalue weighted by Crippen LogP contribution is 2.45. The van der Waals surface area contributed by atoms with E-state index in [1.807, 2.05) is 103 Å². The molecule has 236 valence electrons. The molecule has 0 amide bonds. The van der Waals surface area contributed by atoms with E-state index in [-0.39, 0.29) is 6.61 Å². The van der Waals surface area contributed by atoms with Crippen molar-refractivity contribution < 1.29 is 23.7 Å². The van der Waals surface area contributed by atoms with Crippen LogP contribution in [0.15, 0.2) is 122 Å². The number of hydrogen-bond donors (Lipinski definition) is 1. The van der Waals surface area contributed by atoms with Gasteiger partial charge in [-0.05, 0) is 72.2 Å². The van der Waals surface area contributed by atoms with E-state index in [2.05, 4.69) is 10.3 Å². The predicted octanol–water partition coefficient (Wildman–Crippen LogP) is 9.31. The Balaban J connectivity index is 1.48. The molecule has 0 atom stereocenters. The Hall–Kier alpha value is -5.60. The molecule has 6 aromatic rings. The molecule has 0 aliphatic carbocycles. The SMILES string of the molecule is CCOC(=O)C(=Cc1sc2cc(OCc3ccccc3)c(OCc3ccccc3)cc2c1Nc1ccc(OC)cc1)c1ccncc1. The Labute approximate surface area is 278 Å². The smallest absolute Gasteiger partial charge is 0.338 e. The maximum Gasteiger partial charge on any atom is 0.338 e. The van der Waals surface area contributed by atoms with Crippen molar-refractivity contribution in [3.8, 4) is 17.2 Å². The highest BCUT2D eigenvalue weighted by Gasteiger charge is 2.20. The summed E-state index contributed by atoms with van der Waals surface area (Å²) >= 11 is 1.55. The van der Waals surface area contributed by atoms with Gasteiger partial charge in [0.2, 0.25) is 0 Å². The van der Waals surface area contributed by atoms with E-state index in [1.54, 1.807) is 49.9 Å². The molecule has 2 heterocycles. The molecule has 4 aromatic carbocycles. The number of nitrogens with one attached hydrogen (secondary N) is 1. The van der Waals surface area contributed by atoms with Gasteiger partial charge >= 0.3 is 5.97 Å². The van der Waals surface area contributed by atoms with Crippen LogP contribution < -0.4 is 19.5 Å². The minimum atomic E-state index is -0.412. The minimum absolute atomic E-state index is 0.259. The van der Waals surface area contributed by atoms with Gasteiger partial charge in [0, 0.05) is 34.2 Å². The lowest BCUT2D eigenvalue weighted by atomic mass is 10.1. The maximum absolute atomic E-state index is 13.3. The summed E-state index contributed by atoms with van der Waals surface area (Å²) in [7, 11) is 1.64. The summed E-state index contributed by atoms with van der Waals surface area (Å²) in [5, 5.41) is 4.52. The summed E-state index contributed by atoms with van der Waals surface area (Å²) in [5.41, 5.74) is 4.92. The largest absolute Gasteiger partial charge is 0.497 e. The van der Waals surface area contributed by atoms with E-state index in [0.29, 0.717) is 35.8 Å². The number of nitrogens with zero attached hydrogens (tertiary/aromatic N) is 1. The Morgan fingerprint density at radius 3 is 2.02 bits per heavy atom. The van der Waals surface area contributed by atoms with Gasteiger partial charge in [-0.15, -0.1) is 11.3 Å². The normalized spacial score (nSPS) is 11.2. The van der Waals surface area contributed by atoms with Crippen molar-refractivity contribution in [2.45, 2.75) is 20.1 Å². The second-order valence-electron chi connectivity index (χ2n) is 10.6. The molecule has 0 saturated heterocycles. The molecule has 6 rings (SSSR count). The lowest BCUT2D eigenvalue weighted by Crippen LogP contribution is -2.07. The first-order valence-electron chi connectivity index (χ1n) is 15.3. The van der Waals surface area contributed by atoms with Crippen molar-refractivity contribution in [3.05, 3.63) is 143 Å². The molecule has 0 bridgehead atoms. The van der Waals surface area contributed by atoms with Gasteiger partial charge in [0.1, 0.15) is 19.0 Å². The number of methoxy groups -OCH3 is 1. The van der Waals surface area contributed by atoms with Crippen LogP contribution in [0.25, 0.3) is 21.7 Å². The van der Waals surface area contributed by atoms with Crippen molar-refractivity contribution in [2.24, 2.45) is 0 Å². The number of hydrogen-bond acceptors (Lipinski definition) is 8. The zero-order chi connectivity index (χ0) is 32.4. The monoisotopic (exact) mass is 642 g/mol. The van der Waals surface area contributed by atoms with E-state index < -0.39 is 5.97 Å². The number of benzene rings is 4. The van der Waals surface area contributed by atoms with Gasteiger partial charge < -0.3 is 24.3 Å². The van der Waals surface area contributed by atoms with E-state index in [0.717, 1.165) is 43.2 Å². The minimum Gasteiger partial charge on any atom is -0.497 e. The van der Waals surface area contributed by atoms with Crippen LogP contribution in [0.2, 0.25) is 0 Å². The number of rotatable bonds is 13. The quantitative estimate of drug-likeness (QED) is 0.0994. The van der Waals surface area contributed by atoms with E-state index in [9.17, 15) is 4.79 Å². The second kappa shape index (κ2) is 15.1. The number of ether oxygens (including phenoxy) is 4. The Morgan fingerprint density at radius 1 is 0.809 bits per heavy atom. The van der Waals surface area contributed by atoms with Crippen LogP contribution in [-0.4, -0.2) is 24.7 Å². The summed E-state index contributed by atoms with van der Waals surface area (Å²) in [4.78, 5) is 18.2. The Morgan fingerprint density at radius 2 is 1.43 bits per heavy atom. The number of pyridine rings is 1. The lowest BCUT2D eigenvalue weighted by molar-refractivity contribution is -0.136. The van der Waals surface area contributed by atoms with Gasteiger partial charge in [-0.3, -0.25) is 4.98 Å². The summed E-state index contributed by atoms with van der Waals surface area (Å²) < 4.78 is 24.6. The lowest BCUT2D eigenvalue weighted by Gasteiger charge is -2.15. The predicted molar refractivity (Wildman–Crippen MR) is 188 cm³/mol. The molecular formula is C39H34N2O5S. The zero-order valence-electron chi connectivity index (χ0n) is 26.1. The van der Waals surface area contributed by atoms with Crippen molar-refractivity contribution in [1.29, 1.82) is 0 Å². The van der Waals surface area contributed by atoms with Crippen LogP contribution in [0.1, 0.15) is 28.5 Å². The average molecular weight is 643 g/mol. The maximum atomic E-state index is 13.3. The molecule has 1 N–H and O–H groups in total. The Bertz CT molecular complexity index is 1960. The van der Waals surface area contributed by atoms with Crippen molar-refractivity contribution >= 4 is 50.4 Å². The summed E-state index contributed by atoms with van der Waals surface area (Å²) in [5.74, 6) is 1.59. The fourth-order valence-corrected chi connectivity index (χ4v) is 6.11. The molecule has 0 aliphatic rings. The van der Waals surface area contributed by atoms with Crippen LogP contribution >= 0.6 is 11.3 Å². The molecule has 0 unspecified atom stereocenters. The molecule has 8 heteroatoms. The first-order chi connectivity index (χ1) is 23.1. The molecular weight excluding hydrogens is 609 g/mol. The van der Waals surface area contributed by atoms with Gasteiger partial charge in [0.25, 0.3) is 0 Å². The van der Waals surface area contributed by atoms with E-state index >= 15 is 0 Å². The van der Waals surface area contributed by atoms with Gasteiger partial charge in [-0.25, -0.2) is 4.79 Å². The molecule has 47 heavy (non-hydrogen) atoms. The number of thiophene rings is 1. The first-order valence-corrected chi connectivity index (χ1v) is 16.1. The van der Waals surface area contributed by atoms with Crippen LogP contribution in [0.5, 0.6) is 17.2 Å². The highest BCUT2D eigenvalue weighted by atomic mass is 32.1. The fraction of sp³-hybridized carbons (Fsp3) is 0.128. The summed E-state index contributed by atoms with van der Waals surface area (Å²) in [6, 6.07) is 35.4. The van der Waals surface area contributed by atoms with Gasteiger partial charge in [0.05, 0.1) is 29.9 Å². The standard InChI is InChI=1S/C39H34N2O5S/c1-3-44-39(42)32(29-18-20-40-21-19-29)23-37-38(41-30-14-16-31(43-2)17-15-30)33-22-34(45-25-27-10-6-4-7-11-27)35(24-36(33)47-37)46-26-28-12-8-5-9-13-28/h4-24,41H,3,25-26H2,1-2H3. The van der Waals surface area contributed by atoms with E-state index in [1.165, 1.54) is 0 Å². The highest BCUT2D eigenvalue weighted by molar-refractivity contribution is 7.20. The molecule has 0 aliphatic heterocycles. The van der Waals surface area contributed by atoms with E-state index in [4.69, 9.17) is 18.9 Å². The summed E-state index contributed by atoms with van der Waals surface area (Å²) in [6.45, 7) is 2.82. The van der Waals surface area contributed by atoms with Gasteiger partial charge in [-0.1, -0.05) is 60.7 Å². The number of anilines is 2. The average Bonchev–Trinajstić information content (AvgIpc) is 3.45. The number of carbonyl (C=O) groups excluding carboxylic acids is 1. The first kappa shape index (κ1) is 31.4. The summed E-state index contributed by atoms with van der Waals surface area (Å²) in [6.07, 6.45) is 5.20. The van der Waals surface area contributed by atoms with Crippen LogP contribution in [0.4, 0.5) is 11.4 Å². The third kappa shape index (κ3) is 7.80. The van der Waals surface area contributed by atoms with Gasteiger partial charge in [0.15, 0.2) is 11.5 Å². The second-order valence-corrected chi connectivity index (χ2v) is 11.6. The molecule has 0 fully saturated rings. The van der Waals surface area contributed by atoms with Crippen LogP contribution in [-0.2, 0) is 22.7 Å². The van der Waals surface area contributed by atoms with Crippen molar-refractivity contribution in [3.63, 3.8) is 0 Å². The van der Waals surface area contributed by atoms with Crippen molar-refractivity contribution in [2.75, 3.05) is 19.0 Å².